The van der Waals surface area contributed by atoms with Crippen LogP contribution < -0.4 is 5.32 Å². The van der Waals surface area contributed by atoms with Crippen LogP contribution in [0.3, 0.4) is 0 Å². The number of halogens is 3. The molecule has 0 aliphatic heterocycles. The Morgan fingerprint density at radius 1 is 1.35 bits per heavy atom. The Hall–Kier alpha value is -2.19. The molecule has 0 unspecified atom stereocenters. The second-order valence-corrected chi connectivity index (χ2v) is 6.99. The van der Waals surface area contributed by atoms with E-state index in [1.807, 2.05) is 6.92 Å². The van der Waals surface area contributed by atoms with Gasteiger partial charge in [0.1, 0.15) is 5.82 Å². The summed E-state index contributed by atoms with van der Waals surface area (Å²) >= 11 is 9.41. The van der Waals surface area contributed by atoms with Gasteiger partial charge in [-0.2, -0.15) is 10.2 Å². The Morgan fingerprint density at radius 2 is 2.15 bits per heavy atom. The molecule has 0 saturated carbocycles. The maximum Gasteiger partial charge on any atom is 0.226 e. The van der Waals surface area contributed by atoms with Crippen molar-refractivity contribution in [2.24, 2.45) is 0 Å². The monoisotopic (exact) mass is 439 g/mol. The zero-order chi connectivity index (χ0) is 18.7. The largest absolute Gasteiger partial charge is 0.323 e. The van der Waals surface area contributed by atoms with Gasteiger partial charge in [-0.1, -0.05) is 17.7 Å². The Labute approximate surface area is 163 Å². The van der Waals surface area contributed by atoms with Gasteiger partial charge in [-0.15, -0.1) is 0 Å². The third-order valence-corrected chi connectivity index (χ3v) is 5.03. The molecule has 0 atom stereocenters. The first-order valence-electron chi connectivity index (χ1n) is 7.87. The van der Waals surface area contributed by atoms with Crippen molar-refractivity contribution in [2.45, 2.75) is 26.4 Å². The molecular formula is C17H16BrClFN5O. The summed E-state index contributed by atoms with van der Waals surface area (Å²) in [4.78, 5) is 12.1. The number of hydrogen-bond donors (Lipinski definition) is 1. The van der Waals surface area contributed by atoms with Crippen LogP contribution in [-0.2, 0) is 17.9 Å². The topological polar surface area (TPSA) is 64.7 Å². The number of nitrogens with one attached hydrogen (secondary N) is 1. The molecule has 0 radical (unpaired) electrons. The number of benzene rings is 1. The third kappa shape index (κ3) is 4.31. The van der Waals surface area contributed by atoms with Crippen LogP contribution in [-0.4, -0.2) is 25.5 Å². The maximum absolute atomic E-state index is 13.8. The first kappa shape index (κ1) is 18.6. The van der Waals surface area contributed by atoms with E-state index in [0.717, 1.165) is 10.2 Å². The molecule has 0 bridgehead atoms. The smallest absolute Gasteiger partial charge is 0.226 e. The van der Waals surface area contributed by atoms with Crippen molar-refractivity contribution in [3.63, 3.8) is 0 Å². The van der Waals surface area contributed by atoms with E-state index in [2.05, 4.69) is 31.4 Å². The molecular weight excluding hydrogens is 425 g/mol. The molecule has 2 heterocycles. The number of nitrogens with zero attached hydrogens (tertiary/aromatic N) is 4. The highest BCUT2D eigenvalue weighted by molar-refractivity contribution is 9.10. The molecule has 9 heteroatoms. The molecule has 3 aromatic rings. The van der Waals surface area contributed by atoms with Crippen molar-refractivity contribution < 1.29 is 9.18 Å². The van der Waals surface area contributed by atoms with Crippen LogP contribution in [0.1, 0.15) is 17.7 Å². The van der Waals surface area contributed by atoms with Crippen molar-refractivity contribution in [3.05, 3.63) is 63.4 Å². The van der Waals surface area contributed by atoms with Gasteiger partial charge in [0, 0.05) is 28.9 Å². The van der Waals surface area contributed by atoms with Gasteiger partial charge in [0.25, 0.3) is 0 Å². The van der Waals surface area contributed by atoms with Crippen LogP contribution in [0.5, 0.6) is 0 Å². The van der Waals surface area contributed by atoms with Crippen LogP contribution in [0.15, 0.2) is 41.3 Å². The molecule has 0 aliphatic rings. The van der Waals surface area contributed by atoms with E-state index in [1.165, 1.54) is 16.9 Å². The molecule has 1 aromatic carbocycles. The van der Waals surface area contributed by atoms with Gasteiger partial charge in [-0.05, 0) is 35.0 Å². The van der Waals surface area contributed by atoms with Gasteiger partial charge < -0.3 is 5.32 Å². The van der Waals surface area contributed by atoms with Crippen molar-refractivity contribution in [3.8, 4) is 0 Å². The van der Waals surface area contributed by atoms with Gasteiger partial charge >= 0.3 is 0 Å². The molecule has 26 heavy (non-hydrogen) atoms. The van der Waals surface area contributed by atoms with Crippen LogP contribution in [0.4, 0.5) is 10.1 Å². The average Bonchev–Trinajstić information content (AvgIpc) is 3.17. The van der Waals surface area contributed by atoms with Crippen LogP contribution >= 0.6 is 27.5 Å². The molecule has 6 nitrogen and oxygen atoms in total. The molecule has 0 saturated heterocycles. The molecule has 1 N–H and O–H groups in total. The summed E-state index contributed by atoms with van der Waals surface area (Å²) in [5.41, 5.74) is 1.86. The van der Waals surface area contributed by atoms with Gasteiger partial charge in [0.05, 0.1) is 35.6 Å². The lowest BCUT2D eigenvalue weighted by molar-refractivity contribution is -0.116. The summed E-state index contributed by atoms with van der Waals surface area (Å²) in [7, 11) is 0. The molecule has 2 aromatic heterocycles. The summed E-state index contributed by atoms with van der Waals surface area (Å²) in [5, 5.41) is 11.4. The SMILES string of the molecule is Cc1c(Br)cnn1CCC(=O)Nc1cnn(Cc2c(F)cccc2Cl)c1. The Kier molecular flexibility index (Phi) is 5.73. The van der Waals surface area contributed by atoms with Gasteiger partial charge in [0.15, 0.2) is 0 Å². The Balaban J connectivity index is 1.58. The highest BCUT2D eigenvalue weighted by atomic mass is 79.9. The summed E-state index contributed by atoms with van der Waals surface area (Å²) in [6, 6.07) is 4.53. The molecule has 3 rings (SSSR count). The van der Waals surface area contributed by atoms with E-state index in [0.29, 0.717) is 22.8 Å². The molecule has 0 spiro atoms. The fraction of sp³-hybridized carbons (Fsp3) is 0.235. The minimum absolute atomic E-state index is 0.153. The number of aromatic nitrogens is 4. The highest BCUT2D eigenvalue weighted by Gasteiger charge is 2.11. The molecule has 136 valence electrons. The van der Waals surface area contributed by atoms with Crippen molar-refractivity contribution in [1.82, 2.24) is 19.6 Å². The number of hydrogen-bond acceptors (Lipinski definition) is 3. The zero-order valence-electron chi connectivity index (χ0n) is 13.9. The van der Waals surface area contributed by atoms with E-state index in [4.69, 9.17) is 11.6 Å². The second-order valence-electron chi connectivity index (χ2n) is 5.73. The van der Waals surface area contributed by atoms with Gasteiger partial charge in [-0.25, -0.2) is 4.39 Å². The standard InChI is InChI=1S/C17H16BrClFN5O/c1-11-14(18)8-22-25(11)6-5-17(26)23-12-7-21-24(9-12)10-13-15(19)3-2-4-16(13)20/h2-4,7-9H,5-6,10H2,1H3,(H,23,26). The molecule has 0 aliphatic carbocycles. The lowest BCUT2D eigenvalue weighted by atomic mass is 10.2. The maximum atomic E-state index is 13.8. The average molecular weight is 441 g/mol. The number of carbonyl (C=O) groups is 1. The Bertz CT molecular complexity index is 919. The van der Waals surface area contributed by atoms with Crippen LogP contribution in [0, 0.1) is 12.7 Å². The summed E-state index contributed by atoms with van der Waals surface area (Å²) in [5.74, 6) is -0.543. The zero-order valence-corrected chi connectivity index (χ0v) is 16.3. The predicted octanol–water partition coefficient (Wildman–Crippen LogP) is 4.02. The lowest BCUT2D eigenvalue weighted by Gasteiger charge is -2.06. The van der Waals surface area contributed by atoms with Crippen LogP contribution in [0.2, 0.25) is 5.02 Å². The van der Waals surface area contributed by atoms with E-state index in [9.17, 15) is 9.18 Å². The fourth-order valence-electron chi connectivity index (χ4n) is 2.44. The number of rotatable bonds is 6. The van der Waals surface area contributed by atoms with Crippen LogP contribution in [0.25, 0.3) is 0 Å². The number of carbonyl (C=O) groups excluding carboxylic acids is 1. The van der Waals surface area contributed by atoms with E-state index < -0.39 is 0 Å². The highest BCUT2D eigenvalue weighted by Crippen LogP contribution is 2.20. The first-order valence-corrected chi connectivity index (χ1v) is 9.04. The molecule has 0 fully saturated rings. The second kappa shape index (κ2) is 8.01. The van der Waals surface area contributed by atoms with E-state index >= 15 is 0 Å². The third-order valence-electron chi connectivity index (χ3n) is 3.89. The Morgan fingerprint density at radius 3 is 2.85 bits per heavy atom. The first-order chi connectivity index (χ1) is 12.4. The van der Waals surface area contributed by atoms with Crippen molar-refractivity contribution in [2.75, 3.05) is 5.32 Å². The van der Waals surface area contributed by atoms with E-state index in [-0.39, 0.29) is 24.7 Å². The number of amides is 1. The van der Waals surface area contributed by atoms with Crippen molar-refractivity contribution in [1.29, 1.82) is 0 Å². The van der Waals surface area contributed by atoms with E-state index in [1.54, 1.807) is 29.2 Å². The van der Waals surface area contributed by atoms with Gasteiger partial charge in [0.2, 0.25) is 5.91 Å². The van der Waals surface area contributed by atoms with Crippen molar-refractivity contribution >= 4 is 39.1 Å². The van der Waals surface area contributed by atoms with Gasteiger partial charge in [-0.3, -0.25) is 14.2 Å². The lowest BCUT2D eigenvalue weighted by Crippen LogP contribution is -2.15. The minimum atomic E-state index is -0.390. The minimum Gasteiger partial charge on any atom is -0.323 e. The summed E-state index contributed by atoms with van der Waals surface area (Å²) < 4.78 is 18.0. The molecule has 1 amide bonds. The normalized spacial score (nSPS) is 10.9. The quantitative estimate of drug-likeness (QED) is 0.630. The number of aryl methyl sites for hydroxylation is 1. The summed E-state index contributed by atoms with van der Waals surface area (Å²) in [6.45, 7) is 2.58. The fourth-order valence-corrected chi connectivity index (χ4v) is 2.96. The predicted molar refractivity (Wildman–Crippen MR) is 101 cm³/mol. The number of anilines is 1. The summed E-state index contributed by atoms with van der Waals surface area (Å²) in [6.07, 6.45) is 5.13.